The zero-order chi connectivity index (χ0) is 18.3. The van der Waals surface area contributed by atoms with E-state index in [4.69, 9.17) is 4.74 Å². The number of ether oxygens (including phenoxy) is 1. The van der Waals surface area contributed by atoms with Crippen molar-refractivity contribution in [2.24, 2.45) is 0 Å². The Balaban J connectivity index is 1.51. The number of aromatic nitrogens is 4. The fourth-order valence-corrected chi connectivity index (χ4v) is 3.22. The highest BCUT2D eigenvalue weighted by molar-refractivity contribution is 5.54. The molecule has 0 bridgehead atoms. The first kappa shape index (κ1) is 17.5. The minimum Gasteiger partial charge on any atom is -0.379 e. The predicted octanol–water partition coefficient (Wildman–Crippen LogP) is 2.42. The van der Waals surface area contributed by atoms with Crippen LogP contribution < -0.4 is 5.32 Å². The lowest BCUT2D eigenvalue weighted by Gasteiger charge is -2.34. The number of nitrogens with zero attached hydrogens (tertiary/aromatic N) is 5. The van der Waals surface area contributed by atoms with Crippen molar-refractivity contribution >= 4 is 5.95 Å². The van der Waals surface area contributed by atoms with Crippen LogP contribution in [0.15, 0.2) is 61.2 Å². The van der Waals surface area contributed by atoms with Crippen molar-refractivity contribution in [3.8, 4) is 11.4 Å². The topological polar surface area (TPSA) is 76.1 Å². The summed E-state index contributed by atoms with van der Waals surface area (Å²) < 4.78 is 5.51. The molecular weight excluding hydrogens is 340 g/mol. The summed E-state index contributed by atoms with van der Waals surface area (Å²) in [7, 11) is 0. The zero-order valence-corrected chi connectivity index (χ0v) is 15.0. The van der Waals surface area contributed by atoms with Gasteiger partial charge < -0.3 is 10.1 Å². The van der Waals surface area contributed by atoms with Crippen molar-refractivity contribution in [2.45, 2.75) is 6.04 Å². The third-order valence-electron chi connectivity index (χ3n) is 4.61. The molecule has 3 aromatic rings. The molecule has 138 valence electrons. The maximum atomic E-state index is 5.51. The number of morpholine rings is 1. The summed E-state index contributed by atoms with van der Waals surface area (Å²) in [5, 5.41) is 3.40. The molecule has 27 heavy (non-hydrogen) atoms. The van der Waals surface area contributed by atoms with Gasteiger partial charge in [-0.05, 0) is 35.9 Å². The van der Waals surface area contributed by atoms with E-state index in [0.717, 1.165) is 37.7 Å². The van der Waals surface area contributed by atoms with Crippen LogP contribution in [0.1, 0.15) is 11.6 Å². The third-order valence-corrected chi connectivity index (χ3v) is 4.61. The molecule has 1 N–H and O–H groups in total. The molecule has 1 fully saturated rings. The lowest BCUT2D eigenvalue weighted by atomic mass is 10.1. The molecule has 0 radical (unpaired) electrons. The van der Waals surface area contributed by atoms with Crippen molar-refractivity contribution in [3.63, 3.8) is 0 Å². The zero-order valence-electron chi connectivity index (χ0n) is 15.0. The van der Waals surface area contributed by atoms with Crippen molar-refractivity contribution in [2.75, 3.05) is 38.2 Å². The monoisotopic (exact) mass is 362 g/mol. The highest BCUT2D eigenvalue weighted by Gasteiger charge is 2.22. The van der Waals surface area contributed by atoms with Gasteiger partial charge in [-0.2, -0.15) is 0 Å². The van der Waals surface area contributed by atoms with Crippen LogP contribution in [0.2, 0.25) is 0 Å². The highest BCUT2D eigenvalue weighted by atomic mass is 16.5. The van der Waals surface area contributed by atoms with Crippen LogP contribution in [0, 0.1) is 0 Å². The Morgan fingerprint density at radius 3 is 2.56 bits per heavy atom. The standard InChI is InChI=1S/C20H22N6O/c1-2-7-22-17(3-1)18-6-10-23-20(25-18)24-15-19(16-4-8-21-9-5-16)26-11-13-27-14-12-26/h1-10,19H,11-15H2,(H,23,24,25)/t19-/m1/s1. The molecular formula is C20H22N6O. The minimum absolute atomic E-state index is 0.207. The number of nitrogens with one attached hydrogen (secondary N) is 1. The van der Waals surface area contributed by atoms with Gasteiger partial charge in [0.15, 0.2) is 0 Å². The molecule has 4 rings (SSSR count). The maximum absolute atomic E-state index is 5.51. The average molecular weight is 362 g/mol. The third kappa shape index (κ3) is 4.45. The molecule has 0 unspecified atom stereocenters. The van der Waals surface area contributed by atoms with E-state index >= 15 is 0 Å². The molecule has 1 saturated heterocycles. The second kappa shape index (κ2) is 8.66. The molecule has 0 aromatic carbocycles. The summed E-state index contributed by atoms with van der Waals surface area (Å²) in [6.45, 7) is 4.03. The van der Waals surface area contributed by atoms with Gasteiger partial charge in [0, 0.05) is 44.4 Å². The second-order valence-electron chi connectivity index (χ2n) is 6.31. The highest BCUT2D eigenvalue weighted by Crippen LogP contribution is 2.22. The van der Waals surface area contributed by atoms with Crippen molar-refractivity contribution in [1.29, 1.82) is 0 Å². The molecule has 1 atom stereocenters. The number of pyridine rings is 2. The SMILES string of the molecule is c1ccc(-c2ccnc(NC[C@H](c3ccncc3)N3CCOCC3)n2)nc1. The Labute approximate surface area is 158 Å². The average Bonchev–Trinajstić information content (AvgIpc) is 2.76. The van der Waals surface area contributed by atoms with Crippen LogP contribution in [0.3, 0.4) is 0 Å². The van der Waals surface area contributed by atoms with Crippen molar-refractivity contribution < 1.29 is 4.74 Å². The summed E-state index contributed by atoms with van der Waals surface area (Å²) >= 11 is 0. The van der Waals surface area contributed by atoms with Crippen LogP contribution >= 0.6 is 0 Å². The van der Waals surface area contributed by atoms with Gasteiger partial charge in [-0.3, -0.25) is 14.9 Å². The first-order valence-electron chi connectivity index (χ1n) is 9.10. The molecule has 0 saturated carbocycles. The van der Waals surface area contributed by atoms with Gasteiger partial charge in [0.05, 0.1) is 30.6 Å². The molecule has 4 heterocycles. The van der Waals surface area contributed by atoms with Gasteiger partial charge in [-0.25, -0.2) is 9.97 Å². The molecule has 3 aromatic heterocycles. The first-order valence-corrected chi connectivity index (χ1v) is 9.10. The summed E-state index contributed by atoms with van der Waals surface area (Å²) in [6.07, 6.45) is 7.19. The van der Waals surface area contributed by atoms with Gasteiger partial charge in [0.2, 0.25) is 5.95 Å². The fraction of sp³-hybridized carbons (Fsp3) is 0.300. The second-order valence-corrected chi connectivity index (χ2v) is 6.31. The Kier molecular flexibility index (Phi) is 5.61. The van der Waals surface area contributed by atoms with E-state index in [1.807, 2.05) is 36.7 Å². The Hall–Kier alpha value is -2.90. The fourth-order valence-electron chi connectivity index (χ4n) is 3.22. The van der Waals surface area contributed by atoms with Gasteiger partial charge >= 0.3 is 0 Å². The lowest BCUT2D eigenvalue weighted by Crippen LogP contribution is -2.41. The van der Waals surface area contributed by atoms with Crippen LogP contribution in [-0.4, -0.2) is 57.7 Å². The van der Waals surface area contributed by atoms with Crippen molar-refractivity contribution in [3.05, 3.63) is 66.7 Å². The molecule has 1 aliphatic heterocycles. The largest absolute Gasteiger partial charge is 0.379 e. The lowest BCUT2D eigenvalue weighted by molar-refractivity contribution is 0.0186. The van der Waals surface area contributed by atoms with Crippen LogP contribution in [-0.2, 0) is 4.74 Å². The van der Waals surface area contributed by atoms with Gasteiger partial charge in [-0.1, -0.05) is 6.07 Å². The minimum atomic E-state index is 0.207. The van der Waals surface area contributed by atoms with Gasteiger partial charge in [0.25, 0.3) is 0 Å². The normalized spacial score (nSPS) is 16.0. The van der Waals surface area contributed by atoms with E-state index < -0.39 is 0 Å². The quantitative estimate of drug-likeness (QED) is 0.722. The number of anilines is 1. The first-order chi connectivity index (χ1) is 13.4. The predicted molar refractivity (Wildman–Crippen MR) is 103 cm³/mol. The Bertz CT molecular complexity index is 839. The van der Waals surface area contributed by atoms with E-state index in [0.29, 0.717) is 12.5 Å². The summed E-state index contributed by atoms with van der Waals surface area (Å²) in [4.78, 5) is 19.9. The smallest absolute Gasteiger partial charge is 0.223 e. The van der Waals surface area contributed by atoms with E-state index in [2.05, 4.69) is 42.3 Å². The summed E-state index contributed by atoms with van der Waals surface area (Å²) in [5.41, 5.74) is 2.86. The van der Waals surface area contributed by atoms with Crippen LogP contribution in [0.4, 0.5) is 5.95 Å². The summed E-state index contributed by atoms with van der Waals surface area (Å²) in [6, 6.07) is 12.0. The molecule has 7 heteroatoms. The van der Waals surface area contributed by atoms with E-state index in [1.54, 1.807) is 12.4 Å². The van der Waals surface area contributed by atoms with E-state index in [9.17, 15) is 0 Å². The molecule has 0 spiro atoms. The van der Waals surface area contributed by atoms with Gasteiger partial charge in [-0.15, -0.1) is 0 Å². The van der Waals surface area contributed by atoms with E-state index in [-0.39, 0.29) is 6.04 Å². The number of hydrogen-bond donors (Lipinski definition) is 1. The molecule has 1 aliphatic rings. The summed E-state index contributed by atoms with van der Waals surface area (Å²) in [5.74, 6) is 0.602. The maximum Gasteiger partial charge on any atom is 0.223 e. The Morgan fingerprint density at radius 2 is 1.78 bits per heavy atom. The van der Waals surface area contributed by atoms with Crippen LogP contribution in [0.5, 0.6) is 0 Å². The Morgan fingerprint density at radius 1 is 0.926 bits per heavy atom. The number of rotatable bonds is 6. The molecule has 0 amide bonds. The molecule has 0 aliphatic carbocycles. The van der Waals surface area contributed by atoms with Crippen LogP contribution in [0.25, 0.3) is 11.4 Å². The van der Waals surface area contributed by atoms with Gasteiger partial charge in [0.1, 0.15) is 0 Å². The molecule has 7 nitrogen and oxygen atoms in total. The van der Waals surface area contributed by atoms with Crippen molar-refractivity contribution in [1.82, 2.24) is 24.8 Å². The number of hydrogen-bond acceptors (Lipinski definition) is 7. The van der Waals surface area contributed by atoms with E-state index in [1.165, 1.54) is 5.56 Å².